The smallest absolute Gasteiger partial charge is 0.255 e. The summed E-state index contributed by atoms with van der Waals surface area (Å²) in [6.07, 6.45) is -0.593. The maximum absolute atomic E-state index is 12.3. The van der Waals surface area contributed by atoms with Crippen molar-refractivity contribution in [3.05, 3.63) is 54.5 Å². The number of amides is 1. The number of nitrogens with one attached hydrogen (secondary N) is 1. The Morgan fingerprint density at radius 2 is 2.15 bits per heavy atom. The monoisotopic (exact) mass is 357 g/mol. The second-order valence-corrected chi connectivity index (χ2v) is 5.68. The molecule has 2 aromatic rings. The predicted molar refractivity (Wildman–Crippen MR) is 94.5 cm³/mol. The summed E-state index contributed by atoms with van der Waals surface area (Å²) in [6.45, 7) is 3.82. The van der Waals surface area contributed by atoms with Crippen molar-refractivity contribution < 1.29 is 19.7 Å². The summed E-state index contributed by atoms with van der Waals surface area (Å²) in [6, 6.07) is 8.65. The topological polar surface area (TPSA) is 135 Å². The molecule has 136 valence electrons. The molecular formula is C17H19N5O4. The molecule has 1 aromatic heterocycles. The van der Waals surface area contributed by atoms with Gasteiger partial charge in [-0.3, -0.25) is 9.36 Å². The van der Waals surface area contributed by atoms with Gasteiger partial charge in [0.05, 0.1) is 25.0 Å². The molecule has 0 bridgehead atoms. The van der Waals surface area contributed by atoms with Gasteiger partial charge >= 0.3 is 0 Å². The highest BCUT2D eigenvalue weighted by molar-refractivity contribution is 5.99. The second-order valence-electron chi connectivity index (χ2n) is 5.68. The lowest BCUT2D eigenvalue weighted by Gasteiger charge is -2.17. The van der Waals surface area contributed by atoms with Crippen LogP contribution in [0.15, 0.2) is 48.2 Å². The standard InChI is InChI=1S/C17H19N5O4/c1-10(21-16(25)11-5-3-2-4-6-11)13-15(19-8-18)22(9-20-13)17-14(24)12(23)7-26-17/h2-6,8-9,12,14,17,23-24H,1,7H2,(H2,18,19)(H,21,25)/t12-,14+,17+/m0/s1. The van der Waals surface area contributed by atoms with Crippen LogP contribution >= 0.6 is 0 Å². The van der Waals surface area contributed by atoms with Gasteiger partial charge in [0, 0.05) is 5.56 Å². The van der Waals surface area contributed by atoms with E-state index in [0.29, 0.717) is 5.56 Å². The van der Waals surface area contributed by atoms with Crippen LogP contribution in [0.5, 0.6) is 0 Å². The first kappa shape index (κ1) is 17.8. The van der Waals surface area contributed by atoms with E-state index >= 15 is 0 Å². The summed E-state index contributed by atoms with van der Waals surface area (Å²) in [5.74, 6) is -0.107. The molecule has 1 aromatic carbocycles. The van der Waals surface area contributed by atoms with Crippen LogP contribution in [0.1, 0.15) is 22.3 Å². The van der Waals surface area contributed by atoms with E-state index in [9.17, 15) is 15.0 Å². The van der Waals surface area contributed by atoms with E-state index in [1.807, 2.05) is 6.07 Å². The molecule has 5 N–H and O–H groups in total. The molecule has 1 fully saturated rings. The van der Waals surface area contributed by atoms with Crippen molar-refractivity contribution in [1.82, 2.24) is 14.9 Å². The van der Waals surface area contributed by atoms with E-state index in [2.05, 4.69) is 21.9 Å². The fourth-order valence-corrected chi connectivity index (χ4v) is 2.64. The zero-order chi connectivity index (χ0) is 18.7. The van der Waals surface area contributed by atoms with Crippen LogP contribution < -0.4 is 11.1 Å². The SMILES string of the molecule is C=C(NC(=O)c1ccccc1)c1ncn([C@@H]2OC[C@H](O)[C@H]2O)c1/N=C\N. The molecule has 0 spiro atoms. The maximum Gasteiger partial charge on any atom is 0.255 e. The Hall–Kier alpha value is -3.01. The van der Waals surface area contributed by atoms with Crippen molar-refractivity contribution in [3.8, 4) is 0 Å². The first-order valence-corrected chi connectivity index (χ1v) is 7.87. The summed E-state index contributed by atoms with van der Waals surface area (Å²) in [7, 11) is 0. The number of benzene rings is 1. The Labute approximate surface area is 149 Å². The van der Waals surface area contributed by atoms with E-state index in [4.69, 9.17) is 10.5 Å². The van der Waals surface area contributed by atoms with Gasteiger partial charge < -0.3 is 26.0 Å². The average Bonchev–Trinajstić information content (AvgIpc) is 3.20. The second kappa shape index (κ2) is 7.48. The summed E-state index contributed by atoms with van der Waals surface area (Å²) < 4.78 is 6.82. The van der Waals surface area contributed by atoms with Gasteiger partial charge in [-0.1, -0.05) is 24.8 Å². The fraction of sp³-hybridized carbons (Fsp3) is 0.235. The summed E-state index contributed by atoms with van der Waals surface area (Å²) in [5, 5.41) is 22.4. The molecule has 2 heterocycles. The molecule has 0 aliphatic carbocycles. The third kappa shape index (κ3) is 3.36. The van der Waals surface area contributed by atoms with E-state index in [0.717, 1.165) is 6.34 Å². The molecule has 0 radical (unpaired) electrons. The molecule has 1 aliphatic rings. The number of rotatable bonds is 5. The van der Waals surface area contributed by atoms with E-state index < -0.39 is 18.4 Å². The molecule has 26 heavy (non-hydrogen) atoms. The highest BCUT2D eigenvalue weighted by Crippen LogP contribution is 2.32. The molecule has 0 saturated carbocycles. The first-order valence-electron chi connectivity index (χ1n) is 7.87. The minimum Gasteiger partial charge on any atom is -0.390 e. The van der Waals surface area contributed by atoms with E-state index in [1.54, 1.807) is 24.3 Å². The molecule has 3 rings (SSSR count). The minimum absolute atomic E-state index is 0.0170. The van der Waals surface area contributed by atoms with Crippen molar-refractivity contribution >= 4 is 23.8 Å². The number of ether oxygens (including phenoxy) is 1. The molecule has 9 nitrogen and oxygen atoms in total. The van der Waals surface area contributed by atoms with Gasteiger partial charge in [-0.25, -0.2) is 9.98 Å². The molecule has 1 saturated heterocycles. The van der Waals surface area contributed by atoms with Crippen molar-refractivity contribution in [2.24, 2.45) is 10.7 Å². The van der Waals surface area contributed by atoms with E-state index in [-0.39, 0.29) is 29.7 Å². The summed E-state index contributed by atoms with van der Waals surface area (Å²) in [5.41, 5.74) is 6.36. The van der Waals surface area contributed by atoms with Crippen LogP contribution in [0.2, 0.25) is 0 Å². The predicted octanol–water partition coefficient (Wildman–Crippen LogP) is 0.153. The molecular weight excluding hydrogens is 338 g/mol. The highest BCUT2D eigenvalue weighted by Gasteiger charge is 2.37. The third-order valence-corrected chi connectivity index (χ3v) is 3.95. The normalized spacial score (nSPS) is 22.6. The summed E-state index contributed by atoms with van der Waals surface area (Å²) >= 11 is 0. The number of aliphatic hydroxyl groups is 2. The number of nitrogens with zero attached hydrogens (tertiary/aromatic N) is 3. The number of aliphatic imine (C=N–C) groups is 1. The van der Waals surface area contributed by atoms with E-state index in [1.165, 1.54) is 10.9 Å². The zero-order valence-electron chi connectivity index (χ0n) is 13.8. The lowest BCUT2D eigenvalue weighted by Crippen LogP contribution is -2.28. The van der Waals surface area contributed by atoms with Crippen LogP contribution in [0.3, 0.4) is 0 Å². The number of imidazole rings is 1. The average molecular weight is 357 g/mol. The number of carbonyl (C=O) groups is 1. The van der Waals surface area contributed by atoms with Gasteiger partial charge in [0.1, 0.15) is 17.9 Å². The minimum atomic E-state index is -1.14. The van der Waals surface area contributed by atoms with Crippen LogP contribution in [-0.4, -0.2) is 50.8 Å². The van der Waals surface area contributed by atoms with Crippen molar-refractivity contribution in [3.63, 3.8) is 0 Å². The van der Waals surface area contributed by atoms with Gasteiger partial charge in [0.2, 0.25) is 0 Å². The number of hydrogen-bond acceptors (Lipinski definition) is 6. The van der Waals surface area contributed by atoms with Crippen LogP contribution in [0, 0.1) is 0 Å². The summed E-state index contributed by atoms with van der Waals surface area (Å²) in [4.78, 5) is 20.5. The number of carbonyl (C=O) groups excluding carboxylic acids is 1. The zero-order valence-corrected chi connectivity index (χ0v) is 13.8. The molecule has 0 unspecified atom stereocenters. The molecule has 1 amide bonds. The largest absolute Gasteiger partial charge is 0.390 e. The van der Waals surface area contributed by atoms with Crippen molar-refractivity contribution in [1.29, 1.82) is 0 Å². The molecule has 9 heteroatoms. The Balaban J connectivity index is 1.86. The first-order chi connectivity index (χ1) is 12.5. The lowest BCUT2D eigenvalue weighted by atomic mass is 10.2. The number of aliphatic hydroxyl groups excluding tert-OH is 2. The Morgan fingerprint density at radius 3 is 2.77 bits per heavy atom. The van der Waals surface area contributed by atoms with Gasteiger partial charge in [-0.2, -0.15) is 0 Å². The number of nitrogens with two attached hydrogens (primary N) is 1. The highest BCUT2D eigenvalue weighted by atomic mass is 16.5. The quantitative estimate of drug-likeness (QED) is 0.444. The Bertz CT molecular complexity index is 833. The Kier molecular flexibility index (Phi) is 5.12. The van der Waals surface area contributed by atoms with Crippen molar-refractivity contribution in [2.75, 3.05) is 6.61 Å². The maximum atomic E-state index is 12.3. The van der Waals surface area contributed by atoms with Crippen LogP contribution in [-0.2, 0) is 4.74 Å². The lowest BCUT2D eigenvalue weighted by molar-refractivity contribution is -0.0173. The van der Waals surface area contributed by atoms with Gasteiger partial charge in [0.15, 0.2) is 12.0 Å². The fourth-order valence-electron chi connectivity index (χ4n) is 2.64. The third-order valence-electron chi connectivity index (χ3n) is 3.95. The molecule has 1 aliphatic heterocycles. The number of hydrogen-bond donors (Lipinski definition) is 4. The van der Waals surface area contributed by atoms with Gasteiger partial charge in [-0.05, 0) is 12.1 Å². The number of aromatic nitrogens is 2. The van der Waals surface area contributed by atoms with Crippen LogP contribution in [0.4, 0.5) is 5.82 Å². The Morgan fingerprint density at radius 1 is 1.42 bits per heavy atom. The molecule has 3 atom stereocenters. The van der Waals surface area contributed by atoms with Gasteiger partial charge in [0.25, 0.3) is 5.91 Å². The van der Waals surface area contributed by atoms with Crippen LogP contribution in [0.25, 0.3) is 5.70 Å². The van der Waals surface area contributed by atoms with Crippen molar-refractivity contribution in [2.45, 2.75) is 18.4 Å². The van der Waals surface area contributed by atoms with Gasteiger partial charge in [-0.15, -0.1) is 0 Å².